The van der Waals surface area contributed by atoms with Crippen molar-refractivity contribution in [2.45, 2.75) is 0 Å². The van der Waals surface area contributed by atoms with Crippen LogP contribution in [0.1, 0.15) is 0 Å². The lowest BCUT2D eigenvalue weighted by Crippen LogP contribution is -2.15. The molecule has 0 saturated carbocycles. The Morgan fingerprint density at radius 3 is 1.54 bits per heavy atom. The number of fused-ring (bicyclic) bond motifs is 6. The Kier molecular flexibility index (Phi) is 9.50. The molecule has 0 aliphatic heterocycles. The van der Waals surface area contributed by atoms with Gasteiger partial charge >= 0.3 is 0 Å². The van der Waals surface area contributed by atoms with Gasteiger partial charge in [0, 0.05) is 39.3 Å². The van der Waals surface area contributed by atoms with Gasteiger partial charge in [0.1, 0.15) is 11.2 Å². The molecule has 0 aliphatic rings. The van der Waals surface area contributed by atoms with Gasteiger partial charge < -0.3 is 14.2 Å². The second-order valence-electron chi connectivity index (χ2n) is 16.5. The zero-order valence-electron chi connectivity index (χ0n) is 35.6. The summed E-state index contributed by atoms with van der Waals surface area (Å²) in [5.74, 6) is 0. The van der Waals surface area contributed by atoms with Crippen LogP contribution in [0.2, 0.25) is 0 Å². The van der Waals surface area contributed by atoms with Crippen molar-refractivity contribution in [3.05, 3.63) is 255 Å². The predicted molar refractivity (Wildman–Crippen MR) is 274 cm³/mol. The highest BCUT2D eigenvalue weighted by Crippen LogP contribution is 2.51. The molecule has 1 heterocycles. The molecule has 306 valence electrons. The molecular formula is C62H42N2O. The van der Waals surface area contributed by atoms with Gasteiger partial charge in [-0.25, -0.2) is 0 Å². The van der Waals surface area contributed by atoms with Gasteiger partial charge in [-0.2, -0.15) is 0 Å². The lowest BCUT2D eigenvalue weighted by Gasteiger charge is -2.32. The van der Waals surface area contributed by atoms with E-state index in [1.54, 1.807) is 0 Å². The summed E-state index contributed by atoms with van der Waals surface area (Å²) in [6.07, 6.45) is 0. The van der Waals surface area contributed by atoms with Crippen LogP contribution in [0, 0.1) is 0 Å². The summed E-state index contributed by atoms with van der Waals surface area (Å²) >= 11 is 0. The van der Waals surface area contributed by atoms with Crippen molar-refractivity contribution >= 4 is 77.6 Å². The van der Waals surface area contributed by atoms with Crippen LogP contribution in [0.4, 0.5) is 34.1 Å². The maximum absolute atomic E-state index is 7.19. The second-order valence-corrected chi connectivity index (χ2v) is 16.5. The maximum atomic E-state index is 7.19. The zero-order chi connectivity index (χ0) is 43.1. The number of para-hydroxylation sites is 3. The van der Waals surface area contributed by atoms with Gasteiger partial charge in [-0.1, -0.05) is 194 Å². The summed E-state index contributed by atoms with van der Waals surface area (Å²) in [6.45, 7) is 0. The molecule has 0 N–H and O–H groups in total. The Labute approximate surface area is 378 Å². The molecule has 0 unspecified atom stereocenters. The molecule has 11 aromatic carbocycles. The number of benzene rings is 11. The Balaban J connectivity index is 1.17. The molecule has 12 rings (SSSR count). The molecule has 0 atom stereocenters. The average molecular weight is 831 g/mol. The van der Waals surface area contributed by atoms with Gasteiger partial charge in [-0.15, -0.1) is 0 Å². The summed E-state index contributed by atoms with van der Waals surface area (Å²) in [6, 6.07) is 91.4. The van der Waals surface area contributed by atoms with Crippen molar-refractivity contribution in [1.82, 2.24) is 0 Å². The molecule has 1 aromatic heterocycles. The fourth-order valence-corrected chi connectivity index (χ4v) is 9.55. The van der Waals surface area contributed by atoms with Crippen LogP contribution in [-0.2, 0) is 0 Å². The fraction of sp³-hybridized carbons (Fsp3) is 0. The van der Waals surface area contributed by atoms with Crippen molar-refractivity contribution in [2.75, 3.05) is 9.80 Å². The summed E-state index contributed by atoms with van der Waals surface area (Å²) in [7, 11) is 0. The zero-order valence-corrected chi connectivity index (χ0v) is 35.6. The Morgan fingerprint density at radius 1 is 0.277 bits per heavy atom. The lowest BCUT2D eigenvalue weighted by molar-refractivity contribution is 0.673. The monoisotopic (exact) mass is 830 g/mol. The summed E-state index contributed by atoms with van der Waals surface area (Å²) < 4.78 is 7.19. The SMILES string of the molecule is c1ccc(-c2ccc(N(c3ccccc3-c3ccccc3)c3cc(N(c4ccccc4)c4ccccc4-c4ccc5ccccc5c4)cc4oc5c6ccccc6ccc5c34)cc2)cc1. The molecule has 0 saturated heterocycles. The van der Waals surface area contributed by atoms with Gasteiger partial charge in [0.05, 0.1) is 28.1 Å². The Hall–Kier alpha value is -8.66. The summed E-state index contributed by atoms with van der Waals surface area (Å²) in [5, 5.41) is 6.74. The standard InChI is InChI=1S/C62H42N2O/c1-4-18-43(19-5-1)45-34-37-51(38-35-45)64(58-31-17-14-27-53(58)46-21-6-2-7-22-46)59-41-52(42-60-61(59)56-39-36-47-23-12-13-29-55(47)62(56)65-60)63(50-25-8-3-9-26-50)57-30-16-15-28-54(57)49-33-32-44-20-10-11-24-48(44)40-49/h1-42H. The van der Waals surface area contributed by atoms with Crippen LogP contribution in [0.25, 0.3) is 76.9 Å². The van der Waals surface area contributed by atoms with E-state index < -0.39 is 0 Å². The fourth-order valence-electron chi connectivity index (χ4n) is 9.55. The molecule has 3 heteroatoms. The number of nitrogens with zero attached hydrogens (tertiary/aromatic N) is 2. The topological polar surface area (TPSA) is 19.6 Å². The number of rotatable bonds is 9. The van der Waals surface area contributed by atoms with Crippen LogP contribution >= 0.6 is 0 Å². The lowest BCUT2D eigenvalue weighted by atomic mass is 9.98. The molecular weight excluding hydrogens is 789 g/mol. The van der Waals surface area contributed by atoms with Gasteiger partial charge in [-0.3, -0.25) is 0 Å². The van der Waals surface area contributed by atoms with Crippen LogP contribution in [0.15, 0.2) is 259 Å². The van der Waals surface area contributed by atoms with Gasteiger partial charge in [0.2, 0.25) is 0 Å². The van der Waals surface area contributed by atoms with E-state index in [1.165, 1.54) is 16.3 Å². The van der Waals surface area contributed by atoms with Gasteiger partial charge in [0.15, 0.2) is 0 Å². The van der Waals surface area contributed by atoms with Crippen LogP contribution in [0.3, 0.4) is 0 Å². The third kappa shape index (κ3) is 6.87. The van der Waals surface area contributed by atoms with Crippen LogP contribution in [-0.4, -0.2) is 0 Å². The number of anilines is 6. The Morgan fingerprint density at radius 2 is 0.800 bits per heavy atom. The van der Waals surface area contributed by atoms with Gasteiger partial charge in [0.25, 0.3) is 0 Å². The van der Waals surface area contributed by atoms with Gasteiger partial charge in [-0.05, 0) is 93.0 Å². The van der Waals surface area contributed by atoms with Crippen molar-refractivity contribution in [3.8, 4) is 33.4 Å². The van der Waals surface area contributed by atoms with E-state index in [2.05, 4.69) is 265 Å². The molecule has 65 heavy (non-hydrogen) atoms. The van der Waals surface area contributed by atoms with E-state index in [0.29, 0.717) is 0 Å². The Bertz CT molecular complexity index is 3650. The molecule has 0 bridgehead atoms. The minimum absolute atomic E-state index is 0.802. The molecule has 3 nitrogen and oxygen atoms in total. The van der Waals surface area contributed by atoms with E-state index >= 15 is 0 Å². The number of hydrogen-bond acceptors (Lipinski definition) is 3. The first-order chi connectivity index (χ1) is 32.2. The normalized spacial score (nSPS) is 11.4. The van der Waals surface area contributed by atoms with Crippen LogP contribution in [0.5, 0.6) is 0 Å². The molecule has 0 spiro atoms. The largest absolute Gasteiger partial charge is 0.455 e. The van der Waals surface area contributed by atoms with E-state index in [-0.39, 0.29) is 0 Å². The molecule has 12 aromatic rings. The van der Waals surface area contributed by atoms with E-state index in [4.69, 9.17) is 4.42 Å². The maximum Gasteiger partial charge on any atom is 0.143 e. The minimum Gasteiger partial charge on any atom is -0.455 e. The predicted octanol–water partition coefficient (Wildman–Crippen LogP) is 17.8. The van der Waals surface area contributed by atoms with E-state index in [9.17, 15) is 0 Å². The minimum atomic E-state index is 0.802. The summed E-state index contributed by atoms with van der Waals surface area (Å²) in [5.41, 5.74) is 14.7. The third-order valence-electron chi connectivity index (χ3n) is 12.6. The average Bonchev–Trinajstić information content (AvgIpc) is 3.77. The highest BCUT2D eigenvalue weighted by atomic mass is 16.3. The first-order valence-electron chi connectivity index (χ1n) is 22.2. The van der Waals surface area contributed by atoms with E-state index in [1.807, 2.05) is 0 Å². The number of furan rings is 1. The highest BCUT2D eigenvalue weighted by Gasteiger charge is 2.27. The first-order valence-corrected chi connectivity index (χ1v) is 22.2. The summed E-state index contributed by atoms with van der Waals surface area (Å²) in [4.78, 5) is 4.82. The number of hydrogen-bond donors (Lipinski definition) is 0. The molecule has 0 amide bonds. The molecule has 0 aliphatic carbocycles. The van der Waals surface area contributed by atoms with Crippen molar-refractivity contribution < 1.29 is 4.42 Å². The highest BCUT2D eigenvalue weighted by molar-refractivity contribution is 6.21. The molecule has 0 fully saturated rings. The van der Waals surface area contributed by atoms with Crippen LogP contribution < -0.4 is 9.80 Å². The second kappa shape index (κ2) is 16.2. The quantitative estimate of drug-likeness (QED) is 0.144. The van der Waals surface area contributed by atoms with Crippen molar-refractivity contribution in [1.29, 1.82) is 0 Å². The van der Waals surface area contributed by atoms with E-state index in [0.717, 1.165) is 94.7 Å². The van der Waals surface area contributed by atoms with Crippen molar-refractivity contribution in [2.24, 2.45) is 0 Å². The third-order valence-corrected chi connectivity index (χ3v) is 12.6. The van der Waals surface area contributed by atoms with Crippen molar-refractivity contribution in [3.63, 3.8) is 0 Å². The first kappa shape index (κ1) is 38.0. The molecule has 0 radical (unpaired) electrons. The smallest absolute Gasteiger partial charge is 0.143 e.